The van der Waals surface area contributed by atoms with Crippen molar-refractivity contribution in [1.29, 1.82) is 0 Å². The van der Waals surface area contributed by atoms with Gasteiger partial charge in [0.15, 0.2) is 0 Å². The van der Waals surface area contributed by atoms with E-state index in [1.165, 1.54) is 0 Å². The summed E-state index contributed by atoms with van der Waals surface area (Å²) >= 11 is 0. The van der Waals surface area contributed by atoms with Crippen molar-refractivity contribution in [1.82, 2.24) is 14.8 Å². The van der Waals surface area contributed by atoms with Gasteiger partial charge in [-0.15, -0.1) is 5.10 Å². The summed E-state index contributed by atoms with van der Waals surface area (Å²) in [7, 11) is 1.73. The van der Waals surface area contributed by atoms with Crippen molar-refractivity contribution in [3.63, 3.8) is 0 Å². The number of aromatic nitrogens is 3. The third-order valence-corrected chi connectivity index (χ3v) is 3.99. The molecule has 114 valence electrons. The summed E-state index contributed by atoms with van der Waals surface area (Å²) in [5.41, 5.74) is 0.909. The predicted molar refractivity (Wildman–Crippen MR) is 80.3 cm³/mol. The quantitative estimate of drug-likeness (QED) is 0.549. The van der Waals surface area contributed by atoms with Crippen molar-refractivity contribution < 1.29 is 13.2 Å². The topological polar surface area (TPSA) is 74.1 Å². The zero-order chi connectivity index (χ0) is 15.1. The van der Waals surface area contributed by atoms with Gasteiger partial charge in [0.2, 0.25) is 9.05 Å². The molecule has 0 saturated heterocycles. The van der Waals surface area contributed by atoms with E-state index < -0.39 is 9.05 Å². The Hall–Kier alpha value is -1.60. The summed E-state index contributed by atoms with van der Waals surface area (Å²) in [5.74, 6) is -0.00452. The molecule has 21 heavy (non-hydrogen) atoms. The van der Waals surface area contributed by atoms with Crippen LogP contribution < -0.4 is 4.74 Å². The number of hydrogen-bond acceptors (Lipinski definition) is 5. The number of rotatable bonds is 8. The minimum Gasteiger partial charge on any atom is -0.462 e. The number of halogens is 1. The highest BCUT2D eigenvalue weighted by Crippen LogP contribution is 2.09. The second-order valence-corrected chi connectivity index (χ2v) is 7.36. The molecule has 1 aromatic carbocycles. The van der Waals surface area contributed by atoms with Gasteiger partial charge in [-0.3, -0.25) is 0 Å². The fourth-order valence-corrected chi connectivity index (χ4v) is 2.61. The van der Waals surface area contributed by atoms with Crippen LogP contribution in [0.25, 0.3) is 5.69 Å². The lowest BCUT2D eigenvalue weighted by Crippen LogP contribution is -2.02. The van der Waals surface area contributed by atoms with Gasteiger partial charge in [-0.1, -0.05) is 18.2 Å². The standard InChI is InChI=1S/C13H16ClN3O3S/c14-21(18,19)10-6-2-5-9-20-13-15-11-17(16-13)12-7-3-1-4-8-12/h1,3-4,7-8,11H,2,5-6,9-10H2. The monoisotopic (exact) mass is 329 g/mol. The maximum absolute atomic E-state index is 10.7. The Bertz CT molecular complexity index is 658. The van der Waals surface area contributed by atoms with Gasteiger partial charge >= 0.3 is 6.01 Å². The van der Waals surface area contributed by atoms with Gasteiger partial charge in [0.25, 0.3) is 0 Å². The SMILES string of the molecule is O=S(=O)(Cl)CCCCCOc1ncn(-c2ccccc2)n1. The average Bonchev–Trinajstić information content (AvgIpc) is 2.91. The molecule has 1 aromatic heterocycles. The van der Waals surface area contributed by atoms with E-state index in [-0.39, 0.29) is 5.75 Å². The first-order valence-corrected chi connectivity index (χ1v) is 9.05. The summed E-state index contributed by atoms with van der Waals surface area (Å²) in [6.45, 7) is 0.446. The number of ether oxygens (including phenoxy) is 1. The Morgan fingerprint density at radius 1 is 1.14 bits per heavy atom. The molecule has 0 amide bonds. The number of unbranched alkanes of at least 4 members (excludes halogenated alkanes) is 2. The molecule has 2 aromatic rings. The van der Waals surface area contributed by atoms with Crippen molar-refractivity contribution in [3.8, 4) is 11.7 Å². The summed E-state index contributed by atoms with van der Waals surface area (Å²) in [6.07, 6.45) is 3.57. The third-order valence-electron chi connectivity index (χ3n) is 2.76. The van der Waals surface area contributed by atoms with Crippen LogP contribution in [-0.2, 0) is 9.05 Å². The summed E-state index contributed by atoms with van der Waals surface area (Å²) in [6, 6.07) is 9.92. The van der Waals surface area contributed by atoms with Gasteiger partial charge in [-0.05, 0) is 31.4 Å². The molecule has 0 aliphatic rings. The van der Waals surface area contributed by atoms with Crippen molar-refractivity contribution in [2.24, 2.45) is 0 Å². The van der Waals surface area contributed by atoms with Gasteiger partial charge in [-0.2, -0.15) is 4.98 Å². The number of benzene rings is 1. The van der Waals surface area contributed by atoms with Crippen LogP contribution in [-0.4, -0.2) is 35.5 Å². The zero-order valence-electron chi connectivity index (χ0n) is 11.4. The molecule has 0 atom stereocenters. The molecule has 0 radical (unpaired) electrons. The minimum absolute atomic E-state index is 0.00452. The number of nitrogens with zero attached hydrogens (tertiary/aromatic N) is 3. The second-order valence-electron chi connectivity index (χ2n) is 4.46. The zero-order valence-corrected chi connectivity index (χ0v) is 12.9. The summed E-state index contributed by atoms with van der Waals surface area (Å²) in [5, 5.41) is 4.20. The van der Waals surface area contributed by atoms with Crippen molar-refractivity contribution >= 4 is 19.7 Å². The second kappa shape index (κ2) is 7.42. The summed E-state index contributed by atoms with van der Waals surface area (Å²) < 4.78 is 28.5. The van der Waals surface area contributed by atoms with E-state index in [0.717, 1.165) is 18.5 Å². The Morgan fingerprint density at radius 3 is 2.62 bits per heavy atom. The molecule has 0 spiro atoms. The van der Waals surface area contributed by atoms with Gasteiger partial charge in [-0.25, -0.2) is 13.1 Å². The Morgan fingerprint density at radius 2 is 1.90 bits per heavy atom. The fourth-order valence-electron chi connectivity index (χ4n) is 1.74. The molecule has 0 aliphatic carbocycles. The molecule has 2 rings (SSSR count). The van der Waals surface area contributed by atoms with Crippen LogP contribution in [0.4, 0.5) is 0 Å². The van der Waals surface area contributed by atoms with Crippen LogP contribution in [0.5, 0.6) is 6.01 Å². The molecule has 8 heteroatoms. The van der Waals surface area contributed by atoms with Crippen molar-refractivity contribution in [3.05, 3.63) is 36.7 Å². The number of hydrogen-bond donors (Lipinski definition) is 0. The van der Waals surface area contributed by atoms with Crippen LogP contribution in [0, 0.1) is 0 Å². The molecule has 0 aliphatic heterocycles. The molecular formula is C13H16ClN3O3S. The van der Waals surface area contributed by atoms with E-state index in [1.54, 1.807) is 11.0 Å². The van der Waals surface area contributed by atoms with Crippen molar-refractivity contribution in [2.45, 2.75) is 19.3 Å². The van der Waals surface area contributed by atoms with Crippen LogP contribution >= 0.6 is 10.7 Å². The van der Waals surface area contributed by atoms with E-state index in [0.29, 0.717) is 19.0 Å². The average molecular weight is 330 g/mol. The highest BCUT2D eigenvalue weighted by Gasteiger charge is 2.05. The highest BCUT2D eigenvalue weighted by molar-refractivity contribution is 8.13. The lowest BCUT2D eigenvalue weighted by molar-refractivity contribution is 0.283. The van der Waals surface area contributed by atoms with Crippen LogP contribution in [0.1, 0.15) is 19.3 Å². The maximum atomic E-state index is 10.7. The molecule has 0 N–H and O–H groups in total. The first-order valence-electron chi connectivity index (χ1n) is 6.57. The van der Waals surface area contributed by atoms with Gasteiger partial charge in [0.1, 0.15) is 6.33 Å². The minimum atomic E-state index is -3.39. The molecule has 6 nitrogen and oxygen atoms in total. The molecule has 0 bridgehead atoms. The lowest BCUT2D eigenvalue weighted by Gasteiger charge is -2.01. The van der Waals surface area contributed by atoms with Crippen LogP contribution in [0.3, 0.4) is 0 Å². The molecule has 0 unspecified atom stereocenters. The van der Waals surface area contributed by atoms with E-state index in [2.05, 4.69) is 10.1 Å². The van der Waals surface area contributed by atoms with Crippen LogP contribution in [0.2, 0.25) is 0 Å². The van der Waals surface area contributed by atoms with Gasteiger partial charge in [0.05, 0.1) is 18.0 Å². The lowest BCUT2D eigenvalue weighted by atomic mass is 10.3. The largest absolute Gasteiger partial charge is 0.462 e. The van der Waals surface area contributed by atoms with Gasteiger partial charge in [0, 0.05) is 10.7 Å². The molecule has 0 saturated carbocycles. The molecular weight excluding hydrogens is 314 g/mol. The number of para-hydroxylation sites is 1. The Labute approximate surface area is 128 Å². The maximum Gasteiger partial charge on any atom is 0.335 e. The van der Waals surface area contributed by atoms with Crippen molar-refractivity contribution in [2.75, 3.05) is 12.4 Å². The van der Waals surface area contributed by atoms with E-state index >= 15 is 0 Å². The van der Waals surface area contributed by atoms with Gasteiger partial charge < -0.3 is 4.74 Å². The summed E-state index contributed by atoms with van der Waals surface area (Å²) in [4.78, 5) is 4.06. The van der Waals surface area contributed by atoms with E-state index in [1.807, 2.05) is 30.3 Å². The normalized spacial score (nSPS) is 11.5. The Balaban J connectivity index is 1.72. The smallest absolute Gasteiger partial charge is 0.335 e. The fraction of sp³-hybridized carbons (Fsp3) is 0.385. The first-order chi connectivity index (χ1) is 10.0. The highest BCUT2D eigenvalue weighted by atomic mass is 35.7. The van der Waals surface area contributed by atoms with E-state index in [4.69, 9.17) is 15.4 Å². The third kappa shape index (κ3) is 5.73. The first kappa shape index (κ1) is 15.8. The molecule has 0 fully saturated rings. The molecule has 1 heterocycles. The Kier molecular flexibility index (Phi) is 5.58. The van der Waals surface area contributed by atoms with E-state index in [9.17, 15) is 8.42 Å². The van der Waals surface area contributed by atoms with Crippen LogP contribution in [0.15, 0.2) is 36.7 Å². The predicted octanol–water partition coefficient (Wildman–Crippen LogP) is 2.39.